The highest BCUT2D eigenvalue weighted by atomic mass is 32.1. The highest BCUT2D eigenvalue weighted by molar-refractivity contribution is 7.11. The van der Waals surface area contributed by atoms with Crippen LogP contribution in [0.15, 0.2) is 66.7 Å². The summed E-state index contributed by atoms with van der Waals surface area (Å²) in [5.41, 5.74) is 1.55. The van der Waals surface area contributed by atoms with Crippen molar-refractivity contribution in [1.82, 2.24) is 9.80 Å². The number of hydrogen-bond acceptors (Lipinski definition) is 5. The highest BCUT2D eigenvalue weighted by Gasteiger charge is 2.27. The zero-order valence-corrected chi connectivity index (χ0v) is 21.1. The SMILES string of the molecule is COc1cccc(C(=O)N(CC(=O)N(Cc2ccccc2)Cc2ccc(C)s2)CC2CCCO2)c1. The van der Waals surface area contributed by atoms with Crippen molar-refractivity contribution in [2.75, 3.05) is 26.8 Å². The molecule has 2 amide bonds. The summed E-state index contributed by atoms with van der Waals surface area (Å²) in [4.78, 5) is 33.0. The number of carbonyl (C=O) groups excluding carboxylic acids is 2. The van der Waals surface area contributed by atoms with Gasteiger partial charge in [0.1, 0.15) is 12.3 Å². The number of thiophene rings is 1. The van der Waals surface area contributed by atoms with Gasteiger partial charge in [-0.3, -0.25) is 9.59 Å². The third kappa shape index (κ3) is 6.93. The molecule has 7 heteroatoms. The fourth-order valence-corrected chi connectivity index (χ4v) is 5.16. The third-order valence-corrected chi connectivity index (χ3v) is 7.08. The number of carbonyl (C=O) groups is 2. The molecule has 4 rings (SSSR count). The second-order valence-electron chi connectivity index (χ2n) is 8.80. The molecule has 35 heavy (non-hydrogen) atoms. The van der Waals surface area contributed by atoms with Crippen LogP contribution in [-0.4, -0.2) is 54.5 Å². The Morgan fingerprint density at radius 3 is 2.54 bits per heavy atom. The maximum absolute atomic E-state index is 13.7. The zero-order valence-electron chi connectivity index (χ0n) is 20.3. The molecule has 0 radical (unpaired) electrons. The van der Waals surface area contributed by atoms with Crippen LogP contribution in [0.2, 0.25) is 0 Å². The molecule has 2 aromatic carbocycles. The first-order valence-corrected chi connectivity index (χ1v) is 12.8. The quantitative estimate of drug-likeness (QED) is 0.403. The molecule has 1 fully saturated rings. The highest BCUT2D eigenvalue weighted by Crippen LogP contribution is 2.21. The predicted molar refractivity (Wildman–Crippen MR) is 138 cm³/mol. The minimum atomic E-state index is -0.195. The van der Waals surface area contributed by atoms with Gasteiger partial charge in [0.15, 0.2) is 0 Å². The predicted octanol–water partition coefficient (Wildman–Crippen LogP) is 4.92. The van der Waals surface area contributed by atoms with E-state index in [1.54, 1.807) is 47.6 Å². The molecule has 1 unspecified atom stereocenters. The lowest BCUT2D eigenvalue weighted by atomic mass is 10.1. The molecule has 0 N–H and O–H groups in total. The summed E-state index contributed by atoms with van der Waals surface area (Å²) in [7, 11) is 1.57. The van der Waals surface area contributed by atoms with E-state index in [-0.39, 0.29) is 24.5 Å². The lowest BCUT2D eigenvalue weighted by Crippen LogP contribution is -2.45. The topological polar surface area (TPSA) is 59.1 Å². The van der Waals surface area contributed by atoms with Gasteiger partial charge < -0.3 is 19.3 Å². The van der Waals surface area contributed by atoms with Crippen LogP contribution in [0.25, 0.3) is 0 Å². The summed E-state index contributed by atoms with van der Waals surface area (Å²) in [5.74, 6) is 0.326. The number of benzene rings is 2. The van der Waals surface area contributed by atoms with E-state index in [4.69, 9.17) is 9.47 Å². The van der Waals surface area contributed by atoms with Crippen molar-refractivity contribution in [2.24, 2.45) is 0 Å². The number of amides is 2. The van der Waals surface area contributed by atoms with Crippen molar-refractivity contribution in [1.29, 1.82) is 0 Å². The van der Waals surface area contributed by atoms with Crippen LogP contribution in [0, 0.1) is 6.92 Å². The van der Waals surface area contributed by atoms with Crippen molar-refractivity contribution in [3.05, 3.63) is 87.6 Å². The summed E-state index contributed by atoms with van der Waals surface area (Å²) in [6.07, 6.45) is 1.80. The van der Waals surface area contributed by atoms with Gasteiger partial charge in [0.2, 0.25) is 5.91 Å². The zero-order chi connectivity index (χ0) is 24.6. The normalized spacial score (nSPS) is 15.1. The van der Waals surface area contributed by atoms with Crippen molar-refractivity contribution in [2.45, 2.75) is 39.0 Å². The van der Waals surface area contributed by atoms with Gasteiger partial charge in [0, 0.05) is 35.0 Å². The van der Waals surface area contributed by atoms with E-state index in [1.807, 2.05) is 35.2 Å². The minimum Gasteiger partial charge on any atom is -0.497 e. The summed E-state index contributed by atoms with van der Waals surface area (Å²) < 4.78 is 11.1. The molecule has 0 aliphatic carbocycles. The molecule has 1 aliphatic rings. The van der Waals surface area contributed by atoms with Crippen molar-refractivity contribution in [3.63, 3.8) is 0 Å². The first-order valence-electron chi connectivity index (χ1n) is 11.9. The van der Waals surface area contributed by atoms with Gasteiger partial charge in [0.25, 0.3) is 5.91 Å². The fraction of sp³-hybridized carbons (Fsp3) is 0.357. The molecule has 0 saturated carbocycles. The molecule has 1 aromatic heterocycles. The second kappa shape index (κ2) is 12.0. The van der Waals surface area contributed by atoms with E-state index >= 15 is 0 Å². The van der Waals surface area contributed by atoms with Crippen LogP contribution in [0.5, 0.6) is 5.75 Å². The molecular formula is C28H32N2O4S. The molecule has 1 atom stereocenters. The Morgan fingerprint density at radius 1 is 1.03 bits per heavy atom. The van der Waals surface area contributed by atoms with E-state index in [1.165, 1.54) is 4.88 Å². The molecule has 0 spiro atoms. The van der Waals surface area contributed by atoms with E-state index in [0.29, 0.717) is 37.6 Å². The van der Waals surface area contributed by atoms with Crippen LogP contribution in [-0.2, 0) is 22.6 Å². The van der Waals surface area contributed by atoms with Gasteiger partial charge >= 0.3 is 0 Å². The molecule has 1 aliphatic heterocycles. The summed E-state index contributed by atoms with van der Waals surface area (Å²) in [5, 5.41) is 0. The van der Waals surface area contributed by atoms with Gasteiger partial charge in [-0.25, -0.2) is 0 Å². The number of aryl methyl sites for hydroxylation is 1. The average molecular weight is 493 g/mol. The lowest BCUT2D eigenvalue weighted by molar-refractivity contribution is -0.133. The Kier molecular flexibility index (Phi) is 8.55. The summed E-state index contributed by atoms with van der Waals surface area (Å²) >= 11 is 1.69. The molecule has 184 valence electrons. The van der Waals surface area contributed by atoms with Crippen molar-refractivity contribution in [3.8, 4) is 5.75 Å². The first-order chi connectivity index (χ1) is 17.0. The van der Waals surface area contributed by atoms with Crippen molar-refractivity contribution < 1.29 is 19.1 Å². The molecule has 0 bridgehead atoms. The number of hydrogen-bond donors (Lipinski definition) is 0. The van der Waals surface area contributed by atoms with E-state index in [0.717, 1.165) is 23.3 Å². The minimum absolute atomic E-state index is 0.00685. The van der Waals surface area contributed by atoms with Gasteiger partial charge in [-0.05, 0) is 55.7 Å². The number of nitrogens with zero attached hydrogens (tertiary/aromatic N) is 2. The Labute approximate surface area is 211 Å². The maximum atomic E-state index is 13.7. The molecule has 2 heterocycles. The van der Waals surface area contributed by atoms with Crippen LogP contribution < -0.4 is 4.74 Å². The van der Waals surface area contributed by atoms with Crippen molar-refractivity contribution >= 4 is 23.2 Å². The standard InChI is InChI=1S/C28H32N2O4S/c1-21-13-14-26(35-21)19-29(17-22-8-4-3-5-9-22)27(31)20-30(18-25-12-7-15-34-25)28(32)23-10-6-11-24(16-23)33-2/h3-6,8-11,13-14,16,25H,7,12,15,17-20H2,1-2H3. The van der Waals surface area contributed by atoms with Crippen LogP contribution in [0.1, 0.15) is 38.5 Å². The molecular weight excluding hydrogens is 460 g/mol. The van der Waals surface area contributed by atoms with E-state index < -0.39 is 0 Å². The van der Waals surface area contributed by atoms with Gasteiger partial charge in [-0.1, -0.05) is 36.4 Å². The third-order valence-electron chi connectivity index (χ3n) is 6.09. The van der Waals surface area contributed by atoms with Gasteiger partial charge in [0.05, 0.1) is 19.8 Å². The largest absolute Gasteiger partial charge is 0.497 e. The maximum Gasteiger partial charge on any atom is 0.254 e. The Bertz CT molecular complexity index is 1120. The number of ether oxygens (including phenoxy) is 2. The van der Waals surface area contributed by atoms with E-state index in [9.17, 15) is 9.59 Å². The summed E-state index contributed by atoms with van der Waals surface area (Å²) in [6.45, 7) is 4.13. The number of methoxy groups -OCH3 is 1. The lowest BCUT2D eigenvalue weighted by Gasteiger charge is -2.29. The molecule has 3 aromatic rings. The van der Waals surface area contributed by atoms with Crippen LogP contribution in [0.3, 0.4) is 0 Å². The van der Waals surface area contributed by atoms with Crippen LogP contribution in [0.4, 0.5) is 0 Å². The van der Waals surface area contributed by atoms with Gasteiger partial charge in [-0.2, -0.15) is 0 Å². The fourth-order valence-electron chi connectivity index (χ4n) is 4.25. The first kappa shape index (κ1) is 24.9. The molecule has 6 nitrogen and oxygen atoms in total. The Balaban J connectivity index is 1.56. The number of rotatable bonds is 10. The Morgan fingerprint density at radius 2 is 1.86 bits per heavy atom. The summed E-state index contributed by atoms with van der Waals surface area (Å²) in [6, 6.07) is 21.2. The second-order valence-corrected chi connectivity index (χ2v) is 10.2. The van der Waals surface area contributed by atoms with E-state index in [2.05, 4.69) is 19.1 Å². The molecule has 1 saturated heterocycles. The monoisotopic (exact) mass is 492 g/mol. The smallest absolute Gasteiger partial charge is 0.254 e. The average Bonchev–Trinajstić information content (AvgIpc) is 3.55. The van der Waals surface area contributed by atoms with Crippen LogP contribution >= 0.6 is 11.3 Å². The van der Waals surface area contributed by atoms with Gasteiger partial charge in [-0.15, -0.1) is 11.3 Å². The Hall–Kier alpha value is -3.16.